The van der Waals surface area contributed by atoms with Gasteiger partial charge < -0.3 is 10.2 Å². The number of aromatic nitrogens is 1. The minimum Gasteiger partial charge on any atom is -0.349 e. The van der Waals surface area contributed by atoms with Crippen molar-refractivity contribution >= 4 is 11.8 Å². The molecule has 1 unspecified atom stereocenters. The summed E-state index contributed by atoms with van der Waals surface area (Å²) in [4.78, 5) is 31.5. The van der Waals surface area contributed by atoms with E-state index in [2.05, 4.69) is 10.3 Å². The molecule has 20 heavy (non-hydrogen) atoms. The zero-order chi connectivity index (χ0) is 14.5. The Morgan fingerprint density at radius 3 is 2.85 bits per heavy atom. The number of nitrogens with one attached hydrogen (secondary N) is 1. The minimum absolute atomic E-state index is 0.0145. The third-order valence-electron chi connectivity index (χ3n) is 3.57. The molecule has 0 radical (unpaired) electrons. The molecule has 1 aliphatic heterocycles. The fraction of sp³-hybridized carbons (Fsp3) is 0.500. The quantitative estimate of drug-likeness (QED) is 0.834. The Balaban J connectivity index is 1.91. The highest BCUT2D eigenvalue weighted by Gasteiger charge is 2.30. The summed E-state index contributed by atoms with van der Waals surface area (Å²) in [6.07, 6.45) is 1.70. The Hall–Kier alpha value is -1.95. The van der Waals surface area contributed by atoms with Gasteiger partial charge in [0, 0.05) is 32.8 Å². The topological polar surface area (TPSA) is 65.5 Å². The zero-order valence-electron chi connectivity index (χ0n) is 11.9. The highest BCUT2D eigenvalue weighted by atomic mass is 16.2. The van der Waals surface area contributed by atoms with E-state index < -0.39 is 0 Å². The third kappa shape index (κ3) is 3.54. The van der Waals surface area contributed by atoms with Gasteiger partial charge in [-0.2, -0.15) is 0 Å². The van der Waals surface area contributed by atoms with Crippen LogP contribution in [0.1, 0.15) is 12.6 Å². The van der Waals surface area contributed by atoms with Gasteiger partial charge in [0.15, 0.2) is 0 Å². The number of amides is 2. The molecule has 1 atom stereocenters. The molecule has 6 nitrogen and oxygen atoms in total. The van der Waals surface area contributed by atoms with E-state index in [-0.39, 0.29) is 17.9 Å². The average Bonchev–Trinajstić information content (AvgIpc) is 2.46. The van der Waals surface area contributed by atoms with Crippen LogP contribution < -0.4 is 5.32 Å². The summed E-state index contributed by atoms with van der Waals surface area (Å²) in [6.45, 7) is 3.77. The first-order valence-corrected chi connectivity index (χ1v) is 6.71. The minimum atomic E-state index is -0.295. The second kappa shape index (κ2) is 6.47. The first-order chi connectivity index (χ1) is 9.58. The maximum atomic E-state index is 12.2. The van der Waals surface area contributed by atoms with Crippen LogP contribution in [-0.4, -0.2) is 59.3 Å². The Morgan fingerprint density at radius 2 is 2.20 bits per heavy atom. The lowest BCUT2D eigenvalue weighted by molar-refractivity contribution is -0.135. The second-order valence-electron chi connectivity index (χ2n) is 5.00. The molecule has 0 aromatic carbocycles. The summed E-state index contributed by atoms with van der Waals surface area (Å²) in [6, 6.07) is 5.30. The fourth-order valence-electron chi connectivity index (χ4n) is 2.24. The molecule has 1 N–H and O–H groups in total. The van der Waals surface area contributed by atoms with E-state index in [0.29, 0.717) is 26.2 Å². The maximum absolute atomic E-state index is 12.2. The van der Waals surface area contributed by atoms with Gasteiger partial charge in [0.25, 0.3) is 0 Å². The number of piperazine rings is 1. The smallest absolute Gasteiger partial charge is 0.239 e. The molecule has 1 aromatic rings. The number of carbonyl (C=O) groups excluding carboxylic acids is 2. The molecular weight excluding hydrogens is 256 g/mol. The Kier molecular flexibility index (Phi) is 4.68. The van der Waals surface area contributed by atoms with Crippen LogP contribution in [0.2, 0.25) is 0 Å². The summed E-state index contributed by atoms with van der Waals surface area (Å²) >= 11 is 0. The predicted molar refractivity (Wildman–Crippen MR) is 74.8 cm³/mol. The van der Waals surface area contributed by atoms with Crippen LogP contribution >= 0.6 is 0 Å². The van der Waals surface area contributed by atoms with E-state index in [9.17, 15) is 9.59 Å². The average molecular weight is 276 g/mol. The molecule has 0 aliphatic carbocycles. The Labute approximate surface area is 118 Å². The van der Waals surface area contributed by atoms with E-state index in [0.717, 1.165) is 5.69 Å². The van der Waals surface area contributed by atoms with Gasteiger partial charge in [-0.1, -0.05) is 6.07 Å². The van der Waals surface area contributed by atoms with Gasteiger partial charge in [-0.3, -0.25) is 19.5 Å². The first-order valence-electron chi connectivity index (χ1n) is 6.71. The maximum Gasteiger partial charge on any atom is 0.239 e. The Bertz CT molecular complexity index is 477. The molecule has 2 amide bonds. The molecule has 2 rings (SSSR count). The van der Waals surface area contributed by atoms with Gasteiger partial charge in [0.1, 0.15) is 6.04 Å². The summed E-state index contributed by atoms with van der Waals surface area (Å²) in [5.74, 6) is -0.0512. The molecule has 1 aromatic heterocycles. The van der Waals surface area contributed by atoms with Crippen LogP contribution in [-0.2, 0) is 16.1 Å². The summed E-state index contributed by atoms with van der Waals surface area (Å²) < 4.78 is 0. The second-order valence-corrected chi connectivity index (χ2v) is 5.00. The van der Waals surface area contributed by atoms with Crippen LogP contribution in [0.4, 0.5) is 0 Å². The van der Waals surface area contributed by atoms with E-state index >= 15 is 0 Å². The number of hydrogen-bond acceptors (Lipinski definition) is 4. The van der Waals surface area contributed by atoms with Crippen molar-refractivity contribution in [3.8, 4) is 0 Å². The molecule has 2 heterocycles. The largest absolute Gasteiger partial charge is 0.349 e. The van der Waals surface area contributed by atoms with Crippen molar-refractivity contribution in [1.29, 1.82) is 0 Å². The molecule has 0 saturated carbocycles. The predicted octanol–water partition coefficient (Wildman–Crippen LogP) is -0.140. The van der Waals surface area contributed by atoms with E-state index in [1.807, 2.05) is 30.1 Å². The van der Waals surface area contributed by atoms with Crippen molar-refractivity contribution in [2.75, 3.05) is 26.7 Å². The number of carbonyl (C=O) groups is 2. The highest BCUT2D eigenvalue weighted by Crippen LogP contribution is 2.08. The van der Waals surface area contributed by atoms with Crippen LogP contribution in [0.25, 0.3) is 0 Å². The normalized spacial score (nSPS) is 19.7. The standard InChI is InChI=1S/C14H20N4O2/c1-11(19)18-8-7-17(2)13(10-18)14(20)16-9-12-5-3-4-6-15-12/h3-6,13H,7-10H2,1-2H3,(H,16,20). The van der Waals surface area contributed by atoms with Crippen molar-refractivity contribution in [2.24, 2.45) is 0 Å². The molecule has 1 fully saturated rings. The molecule has 1 aliphatic rings. The lowest BCUT2D eigenvalue weighted by Gasteiger charge is -2.38. The van der Waals surface area contributed by atoms with Crippen molar-refractivity contribution < 1.29 is 9.59 Å². The number of likely N-dealkylation sites (N-methyl/N-ethyl adjacent to an activating group) is 1. The zero-order valence-corrected chi connectivity index (χ0v) is 11.9. The van der Waals surface area contributed by atoms with Crippen molar-refractivity contribution in [2.45, 2.75) is 19.5 Å². The van der Waals surface area contributed by atoms with Crippen molar-refractivity contribution in [3.63, 3.8) is 0 Å². The number of nitrogens with zero attached hydrogens (tertiary/aromatic N) is 3. The van der Waals surface area contributed by atoms with Crippen LogP contribution in [0.5, 0.6) is 0 Å². The fourth-order valence-corrected chi connectivity index (χ4v) is 2.24. The van der Waals surface area contributed by atoms with E-state index in [4.69, 9.17) is 0 Å². The SMILES string of the molecule is CC(=O)N1CCN(C)C(C(=O)NCc2ccccn2)C1. The lowest BCUT2D eigenvalue weighted by atomic mass is 10.1. The molecule has 1 saturated heterocycles. The van der Waals surface area contributed by atoms with Gasteiger partial charge in [-0.25, -0.2) is 0 Å². The molecule has 108 valence electrons. The first kappa shape index (κ1) is 14.5. The van der Waals surface area contributed by atoms with Crippen LogP contribution in [0, 0.1) is 0 Å². The molecule has 0 spiro atoms. The molecule has 0 bridgehead atoms. The van der Waals surface area contributed by atoms with Gasteiger partial charge in [0.2, 0.25) is 11.8 Å². The van der Waals surface area contributed by atoms with Gasteiger partial charge in [-0.15, -0.1) is 0 Å². The van der Waals surface area contributed by atoms with Crippen molar-refractivity contribution in [1.82, 2.24) is 20.1 Å². The summed E-state index contributed by atoms with van der Waals surface area (Å²) in [5.41, 5.74) is 0.822. The molecule has 6 heteroatoms. The molecular formula is C14H20N4O2. The van der Waals surface area contributed by atoms with Crippen LogP contribution in [0.3, 0.4) is 0 Å². The monoisotopic (exact) mass is 276 g/mol. The summed E-state index contributed by atoms with van der Waals surface area (Å²) in [7, 11) is 1.91. The van der Waals surface area contributed by atoms with E-state index in [1.165, 1.54) is 6.92 Å². The van der Waals surface area contributed by atoms with Gasteiger partial charge in [0.05, 0.1) is 12.2 Å². The van der Waals surface area contributed by atoms with Gasteiger partial charge >= 0.3 is 0 Å². The lowest BCUT2D eigenvalue weighted by Crippen LogP contribution is -2.58. The number of hydrogen-bond donors (Lipinski definition) is 1. The Morgan fingerprint density at radius 1 is 1.40 bits per heavy atom. The van der Waals surface area contributed by atoms with Crippen molar-refractivity contribution in [3.05, 3.63) is 30.1 Å². The third-order valence-corrected chi connectivity index (χ3v) is 3.57. The van der Waals surface area contributed by atoms with Gasteiger partial charge in [-0.05, 0) is 19.2 Å². The number of pyridine rings is 1. The van der Waals surface area contributed by atoms with E-state index in [1.54, 1.807) is 11.1 Å². The summed E-state index contributed by atoms with van der Waals surface area (Å²) in [5, 5.41) is 2.88. The number of rotatable bonds is 3. The highest BCUT2D eigenvalue weighted by molar-refractivity contribution is 5.83. The van der Waals surface area contributed by atoms with Crippen LogP contribution in [0.15, 0.2) is 24.4 Å².